The largest absolute Gasteiger partial charge is 0.468 e. The third-order valence-electron chi connectivity index (χ3n) is 3.95. The molecule has 0 aliphatic heterocycles. The van der Waals surface area contributed by atoms with Crippen LogP contribution in [-0.2, 0) is 5.75 Å². The van der Waals surface area contributed by atoms with Crippen LogP contribution in [-0.4, -0.2) is 19.5 Å². The van der Waals surface area contributed by atoms with E-state index in [0.29, 0.717) is 10.9 Å². The lowest BCUT2D eigenvalue weighted by atomic mass is 10.2. The summed E-state index contributed by atoms with van der Waals surface area (Å²) < 4.78 is 8.53. The molecule has 0 saturated heterocycles. The first-order chi connectivity index (χ1) is 13.2. The second-order valence-electron chi connectivity index (χ2n) is 5.82. The minimum absolute atomic E-state index is 0.167. The number of anilines is 2. The average Bonchev–Trinajstić information content (AvgIpc) is 3.37. The van der Waals surface area contributed by atoms with Gasteiger partial charge in [-0.1, -0.05) is 30.0 Å². The van der Waals surface area contributed by atoms with Gasteiger partial charge in [-0.25, -0.2) is 0 Å². The molecule has 8 heteroatoms. The number of aromatic nitrogens is 4. The van der Waals surface area contributed by atoms with Gasteiger partial charge in [0.1, 0.15) is 5.76 Å². The highest BCUT2D eigenvalue weighted by atomic mass is 32.2. The normalized spacial score (nSPS) is 10.9. The smallest absolute Gasteiger partial charge is 0.316 e. The Hall–Kier alpha value is -3.26. The summed E-state index contributed by atoms with van der Waals surface area (Å²) in [5.41, 5.74) is 1.55. The van der Waals surface area contributed by atoms with E-state index < -0.39 is 0 Å². The van der Waals surface area contributed by atoms with Gasteiger partial charge in [0.15, 0.2) is 0 Å². The van der Waals surface area contributed by atoms with Crippen LogP contribution in [0.15, 0.2) is 81.6 Å². The second-order valence-corrected chi connectivity index (χ2v) is 6.76. The minimum Gasteiger partial charge on any atom is -0.468 e. The van der Waals surface area contributed by atoms with Crippen molar-refractivity contribution in [3.63, 3.8) is 0 Å². The highest BCUT2D eigenvalue weighted by molar-refractivity contribution is 7.98. The Morgan fingerprint density at radius 2 is 1.89 bits per heavy atom. The average molecular weight is 379 g/mol. The van der Waals surface area contributed by atoms with Gasteiger partial charge in [-0.2, -0.15) is 4.68 Å². The molecule has 27 heavy (non-hydrogen) atoms. The summed E-state index contributed by atoms with van der Waals surface area (Å²) in [5, 5.41) is 12.0. The molecule has 0 atom stereocenters. The summed E-state index contributed by atoms with van der Waals surface area (Å²) in [4.78, 5) is 13.1. The molecular formula is C19H17N5O2S. The van der Waals surface area contributed by atoms with Crippen LogP contribution >= 0.6 is 11.8 Å². The maximum absolute atomic E-state index is 13.1. The maximum atomic E-state index is 13.1. The van der Waals surface area contributed by atoms with Crippen molar-refractivity contribution in [2.24, 2.45) is 0 Å². The Morgan fingerprint density at radius 1 is 1.07 bits per heavy atom. The zero-order valence-corrected chi connectivity index (χ0v) is 15.4. The topological polar surface area (TPSA) is 77.9 Å². The van der Waals surface area contributed by atoms with E-state index in [-0.39, 0.29) is 11.4 Å². The summed E-state index contributed by atoms with van der Waals surface area (Å²) in [6.07, 6.45) is 5.20. The van der Waals surface area contributed by atoms with Crippen LogP contribution in [0.2, 0.25) is 0 Å². The highest BCUT2D eigenvalue weighted by Crippen LogP contribution is 2.21. The van der Waals surface area contributed by atoms with Crippen LogP contribution in [0.3, 0.4) is 0 Å². The van der Waals surface area contributed by atoms with E-state index in [1.807, 2.05) is 55.5 Å². The monoisotopic (exact) mass is 379 g/mol. The predicted octanol–water partition coefficient (Wildman–Crippen LogP) is 3.69. The van der Waals surface area contributed by atoms with Crippen LogP contribution < -0.4 is 10.9 Å². The summed E-state index contributed by atoms with van der Waals surface area (Å²) >= 11 is 1.38. The molecule has 136 valence electrons. The quantitative estimate of drug-likeness (QED) is 0.515. The molecule has 0 amide bonds. The molecule has 0 aliphatic carbocycles. The van der Waals surface area contributed by atoms with Gasteiger partial charge in [0.2, 0.25) is 11.0 Å². The van der Waals surface area contributed by atoms with Crippen LogP contribution in [0.4, 0.5) is 11.5 Å². The number of nitrogens with zero attached hydrogens (tertiary/aromatic N) is 4. The van der Waals surface area contributed by atoms with Gasteiger partial charge >= 0.3 is 5.56 Å². The van der Waals surface area contributed by atoms with Crippen molar-refractivity contribution < 1.29 is 4.42 Å². The van der Waals surface area contributed by atoms with Crippen LogP contribution in [0, 0.1) is 6.92 Å². The summed E-state index contributed by atoms with van der Waals surface area (Å²) in [6, 6.07) is 15.1. The van der Waals surface area contributed by atoms with E-state index in [1.54, 1.807) is 23.3 Å². The highest BCUT2D eigenvalue weighted by Gasteiger charge is 2.15. The van der Waals surface area contributed by atoms with Gasteiger partial charge in [-0.05, 0) is 42.8 Å². The van der Waals surface area contributed by atoms with Crippen molar-refractivity contribution >= 4 is 23.3 Å². The molecule has 0 fully saturated rings. The number of aryl methyl sites for hydroxylation is 1. The molecule has 0 saturated carbocycles. The number of para-hydroxylation sites is 1. The lowest BCUT2D eigenvalue weighted by Crippen LogP contribution is -2.30. The van der Waals surface area contributed by atoms with Crippen molar-refractivity contribution in [3.05, 3.63) is 88.9 Å². The van der Waals surface area contributed by atoms with E-state index in [1.165, 1.54) is 16.4 Å². The molecular weight excluding hydrogens is 362 g/mol. The summed E-state index contributed by atoms with van der Waals surface area (Å²) in [6.45, 7) is 1.97. The molecule has 7 nitrogen and oxygen atoms in total. The van der Waals surface area contributed by atoms with Crippen molar-refractivity contribution in [1.82, 2.24) is 19.5 Å². The SMILES string of the molecule is Cc1ccccc1Nc1nnc(SCc2ccco2)n(-n2cccc2)c1=O. The third kappa shape index (κ3) is 3.65. The van der Waals surface area contributed by atoms with E-state index in [4.69, 9.17) is 4.42 Å². The Morgan fingerprint density at radius 3 is 2.63 bits per heavy atom. The zero-order valence-electron chi connectivity index (χ0n) is 14.6. The van der Waals surface area contributed by atoms with Crippen LogP contribution in [0.5, 0.6) is 0 Å². The number of rotatable bonds is 6. The van der Waals surface area contributed by atoms with E-state index in [9.17, 15) is 4.79 Å². The summed E-state index contributed by atoms with van der Waals surface area (Å²) in [5.74, 6) is 1.52. The van der Waals surface area contributed by atoms with Gasteiger partial charge in [0, 0.05) is 18.1 Å². The predicted molar refractivity (Wildman–Crippen MR) is 104 cm³/mol. The number of nitrogens with one attached hydrogen (secondary N) is 1. The Labute approximate surface area is 159 Å². The van der Waals surface area contributed by atoms with Gasteiger partial charge in [-0.3, -0.25) is 9.47 Å². The van der Waals surface area contributed by atoms with Gasteiger partial charge in [-0.15, -0.1) is 10.2 Å². The molecule has 1 N–H and O–H groups in total. The van der Waals surface area contributed by atoms with Gasteiger partial charge < -0.3 is 9.73 Å². The van der Waals surface area contributed by atoms with Gasteiger partial charge in [0.25, 0.3) is 0 Å². The van der Waals surface area contributed by atoms with E-state index in [2.05, 4.69) is 15.5 Å². The molecule has 0 radical (unpaired) electrons. The number of hydrogen-bond acceptors (Lipinski definition) is 6. The maximum Gasteiger partial charge on any atom is 0.316 e. The van der Waals surface area contributed by atoms with Crippen LogP contribution in [0.25, 0.3) is 0 Å². The van der Waals surface area contributed by atoms with Crippen molar-refractivity contribution in [3.8, 4) is 0 Å². The molecule has 0 unspecified atom stereocenters. The first-order valence-electron chi connectivity index (χ1n) is 8.33. The van der Waals surface area contributed by atoms with Crippen molar-refractivity contribution in [2.75, 3.05) is 5.32 Å². The van der Waals surface area contributed by atoms with Crippen LogP contribution in [0.1, 0.15) is 11.3 Å². The zero-order chi connectivity index (χ0) is 18.6. The fourth-order valence-corrected chi connectivity index (χ4v) is 3.40. The first kappa shape index (κ1) is 17.2. The van der Waals surface area contributed by atoms with Gasteiger partial charge in [0.05, 0.1) is 12.0 Å². The molecule has 3 aromatic heterocycles. The number of hydrogen-bond donors (Lipinski definition) is 1. The Bertz CT molecular complexity index is 1090. The molecule has 0 aliphatic rings. The first-order valence-corrected chi connectivity index (χ1v) is 9.32. The molecule has 0 spiro atoms. The molecule has 0 bridgehead atoms. The molecule has 3 heterocycles. The number of benzene rings is 1. The standard InChI is InChI=1S/C19H17N5O2S/c1-14-7-2-3-9-16(14)20-17-18(25)24(23-10-4-5-11-23)19(22-21-17)27-13-15-8-6-12-26-15/h2-12H,13H2,1H3,(H,20,21). The lowest BCUT2D eigenvalue weighted by Gasteiger charge is -2.14. The Kier molecular flexibility index (Phi) is 4.80. The molecule has 4 aromatic rings. The van der Waals surface area contributed by atoms with Crippen molar-refractivity contribution in [2.45, 2.75) is 17.8 Å². The second kappa shape index (κ2) is 7.55. The van der Waals surface area contributed by atoms with E-state index >= 15 is 0 Å². The van der Waals surface area contributed by atoms with E-state index in [0.717, 1.165) is 17.0 Å². The number of furan rings is 1. The fourth-order valence-electron chi connectivity index (χ4n) is 2.57. The number of thioether (sulfide) groups is 1. The third-order valence-corrected chi connectivity index (χ3v) is 4.89. The fraction of sp³-hybridized carbons (Fsp3) is 0.105. The van der Waals surface area contributed by atoms with Crippen molar-refractivity contribution in [1.29, 1.82) is 0 Å². The molecule has 1 aromatic carbocycles. The minimum atomic E-state index is -0.286. The Balaban J connectivity index is 1.71. The summed E-state index contributed by atoms with van der Waals surface area (Å²) in [7, 11) is 0. The lowest BCUT2D eigenvalue weighted by molar-refractivity contribution is 0.523. The molecule has 4 rings (SSSR count).